The van der Waals surface area contributed by atoms with E-state index in [1.54, 1.807) is 0 Å². The Morgan fingerprint density at radius 1 is 1.40 bits per heavy atom. The summed E-state index contributed by atoms with van der Waals surface area (Å²) in [5.74, 6) is -0.207. The molecule has 0 aliphatic heterocycles. The molecule has 1 rings (SSSR count). The van der Waals surface area contributed by atoms with Crippen LogP contribution in [0.25, 0.3) is 0 Å². The molecular formula is C7H8ClF2N3O2. The van der Waals surface area contributed by atoms with Gasteiger partial charge in [0.1, 0.15) is 0 Å². The molecule has 1 heterocycles. The van der Waals surface area contributed by atoms with Gasteiger partial charge in [-0.25, -0.2) is 0 Å². The van der Waals surface area contributed by atoms with Gasteiger partial charge in [0, 0.05) is 18.6 Å². The minimum atomic E-state index is -3.82. The van der Waals surface area contributed by atoms with Crippen molar-refractivity contribution in [3.8, 4) is 11.8 Å². The lowest BCUT2D eigenvalue weighted by Gasteiger charge is -2.11. The Labute approximate surface area is 89.4 Å². The van der Waals surface area contributed by atoms with E-state index >= 15 is 0 Å². The predicted molar refractivity (Wildman–Crippen MR) is 49.6 cm³/mol. The highest BCUT2D eigenvalue weighted by molar-refractivity contribution is 6.20. The first kappa shape index (κ1) is 11.7. The molecule has 84 valence electrons. The van der Waals surface area contributed by atoms with Crippen LogP contribution in [-0.2, 0) is 0 Å². The summed E-state index contributed by atoms with van der Waals surface area (Å²) < 4.78 is 33.4. The molecule has 0 spiro atoms. The Balaban J connectivity index is 2.97. The summed E-state index contributed by atoms with van der Waals surface area (Å²) in [6, 6.07) is 1.09. The third kappa shape index (κ3) is 3.70. The largest absolute Gasteiger partial charge is 0.488 e. The fourth-order valence-corrected chi connectivity index (χ4v) is 0.870. The molecule has 0 saturated heterocycles. The Hall–Kier alpha value is -1.37. The van der Waals surface area contributed by atoms with E-state index in [0.717, 1.165) is 6.07 Å². The van der Waals surface area contributed by atoms with Gasteiger partial charge in [-0.2, -0.15) is 9.97 Å². The lowest BCUT2D eigenvalue weighted by Crippen LogP contribution is -2.17. The van der Waals surface area contributed by atoms with Crippen LogP contribution in [-0.4, -0.2) is 29.7 Å². The molecule has 0 saturated carbocycles. The van der Waals surface area contributed by atoms with Crippen LogP contribution < -0.4 is 14.8 Å². The van der Waals surface area contributed by atoms with Crippen molar-refractivity contribution in [1.82, 2.24) is 9.97 Å². The van der Waals surface area contributed by atoms with Crippen molar-refractivity contribution < 1.29 is 18.3 Å². The van der Waals surface area contributed by atoms with Gasteiger partial charge in [-0.3, -0.25) is 0 Å². The topological polar surface area (TPSA) is 56.3 Å². The smallest absolute Gasteiger partial charge is 0.481 e. The van der Waals surface area contributed by atoms with Gasteiger partial charge in [0.05, 0.1) is 13.2 Å². The van der Waals surface area contributed by atoms with Gasteiger partial charge < -0.3 is 14.8 Å². The Morgan fingerprint density at radius 3 is 2.47 bits per heavy atom. The maximum Gasteiger partial charge on any atom is 0.488 e. The van der Waals surface area contributed by atoms with Gasteiger partial charge in [-0.15, -0.1) is 8.78 Å². The highest BCUT2D eigenvalue weighted by atomic mass is 35.5. The van der Waals surface area contributed by atoms with Crippen LogP contribution in [0.3, 0.4) is 0 Å². The average Bonchev–Trinajstić information content (AvgIpc) is 2.14. The van der Waals surface area contributed by atoms with Crippen LogP contribution in [0.15, 0.2) is 6.07 Å². The minimum Gasteiger partial charge on any atom is -0.481 e. The number of nitrogens with zero attached hydrogens (tertiary/aromatic N) is 2. The Bertz CT molecular complexity index is 323. The molecule has 0 amide bonds. The van der Waals surface area contributed by atoms with Crippen molar-refractivity contribution in [2.75, 3.05) is 19.5 Å². The molecule has 1 aromatic rings. The van der Waals surface area contributed by atoms with Crippen LogP contribution in [0.4, 0.5) is 14.7 Å². The number of halogens is 3. The Morgan fingerprint density at radius 2 is 2.00 bits per heavy atom. The van der Waals surface area contributed by atoms with E-state index in [4.69, 9.17) is 4.74 Å². The molecule has 0 atom stereocenters. The van der Waals surface area contributed by atoms with Crippen molar-refractivity contribution in [3.05, 3.63) is 6.07 Å². The number of methoxy groups -OCH3 is 1. The molecule has 5 nitrogen and oxygen atoms in total. The summed E-state index contributed by atoms with van der Waals surface area (Å²) in [4.78, 5) is 7.38. The highest BCUT2D eigenvalue weighted by Crippen LogP contribution is 2.26. The molecular weight excluding hydrogens is 232 g/mol. The third-order valence-electron chi connectivity index (χ3n) is 1.33. The summed E-state index contributed by atoms with van der Waals surface area (Å²) in [5.41, 5.74) is -3.82. The minimum absolute atomic E-state index is 0.0882. The fourth-order valence-electron chi connectivity index (χ4n) is 0.791. The quantitative estimate of drug-likeness (QED) is 0.811. The first-order chi connectivity index (χ1) is 6.94. The standard InChI is InChI=1S/C7H8ClF2N3O2/c1-11-6-12-4(14-2)3-5(13-6)15-7(8,9)10/h3H,1-2H3,(H,11,12,13). The molecule has 1 aromatic heterocycles. The first-order valence-electron chi connectivity index (χ1n) is 3.81. The van der Waals surface area contributed by atoms with E-state index in [2.05, 4.69) is 31.6 Å². The number of ether oxygens (including phenoxy) is 2. The second-order valence-electron chi connectivity index (χ2n) is 2.37. The Kier molecular flexibility index (Phi) is 3.46. The molecule has 0 unspecified atom stereocenters. The van der Waals surface area contributed by atoms with Gasteiger partial charge in [-0.1, -0.05) is 0 Å². The second kappa shape index (κ2) is 4.43. The lowest BCUT2D eigenvalue weighted by molar-refractivity contribution is -0.0991. The van der Waals surface area contributed by atoms with Crippen molar-refractivity contribution in [3.63, 3.8) is 0 Å². The van der Waals surface area contributed by atoms with Crippen molar-refractivity contribution in [2.24, 2.45) is 0 Å². The number of hydrogen-bond donors (Lipinski definition) is 1. The summed E-state index contributed by atoms with van der Waals surface area (Å²) in [6.07, 6.45) is 0. The van der Waals surface area contributed by atoms with Gasteiger partial charge in [-0.05, 0) is 0 Å². The van der Waals surface area contributed by atoms with Crippen LogP contribution in [0, 0.1) is 0 Å². The van der Waals surface area contributed by atoms with E-state index in [0.29, 0.717) is 0 Å². The summed E-state index contributed by atoms with van der Waals surface area (Å²) >= 11 is 4.58. The number of hydrogen-bond acceptors (Lipinski definition) is 5. The molecule has 0 fully saturated rings. The average molecular weight is 240 g/mol. The number of nitrogens with one attached hydrogen (secondary N) is 1. The van der Waals surface area contributed by atoms with Crippen LogP contribution in [0.1, 0.15) is 0 Å². The summed E-state index contributed by atoms with van der Waals surface area (Å²) in [7, 11) is 2.86. The highest BCUT2D eigenvalue weighted by Gasteiger charge is 2.28. The molecule has 8 heteroatoms. The maximum atomic E-state index is 12.3. The van der Waals surface area contributed by atoms with E-state index < -0.39 is 5.57 Å². The van der Waals surface area contributed by atoms with Crippen molar-refractivity contribution in [2.45, 2.75) is 5.57 Å². The van der Waals surface area contributed by atoms with E-state index in [1.165, 1.54) is 14.2 Å². The second-order valence-corrected chi connectivity index (χ2v) is 2.81. The van der Waals surface area contributed by atoms with E-state index in [9.17, 15) is 8.78 Å². The molecule has 15 heavy (non-hydrogen) atoms. The summed E-state index contributed by atoms with van der Waals surface area (Å²) in [6.45, 7) is 0. The number of rotatable bonds is 4. The predicted octanol–water partition coefficient (Wildman–Crippen LogP) is 1.69. The van der Waals surface area contributed by atoms with Gasteiger partial charge in [0.15, 0.2) is 0 Å². The molecule has 0 aliphatic carbocycles. The molecule has 1 N–H and O–H groups in total. The normalized spacial score (nSPS) is 11.0. The van der Waals surface area contributed by atoms with Gasteiger partial charge >= 0.3 is 5.57 Å². The maximum absolute atomic E-state index is 12.3. The zero-order valence-electron chi connectivity index (χ0n) is 7.92. The first-order valence-corrected chi connectivity index (χ1v) is 4.19. The molecule has 0 aromatic carbocycles. The number of anilines is 1. The van der Waals surface area contributed by atoms with Crippen molar-refractivity contribution in [1.29, 1.82) is 0 Å². The third-order valence-corrected chi connectivity index (χ3v) is 1.41. The van der Waals surface area contributed by atoms with E-state index in [-0.39, 0.29) is 17.7 Å². The molecule has 0 radical (unpaired) electrons. The van der Waals surface area contributed by atoms with Crippen LogP contribution >= 0.6 is 11.6 Å². The van der Waals surface area contributed by atoms with E-state index in [1.807, 2.05) is 0 Å². The number of aromatic nitrogens is 2. The fraction of sp³-hybridized carbons (Fsp3) is 0.429. The van der Waals surface area contributed by atoms with Crippen LogP contribution in [0.5, 0.6) is 11.8 Å². The molecule has 0 bridgehead atoms. The lowest BCUT2D eigenvalue weighted by atomic mass is 10.6. The van der Waals surface area contributed by atoms with Crippen molar-refractivity contribution >= 4 is 17.5 Å². The van der Waals surface area contributed by atoms with Gasteiger partial charge in [0.2, 0.25) is 17.7 Å². The monoisotopic (exact) mass is 239 g/mol. The SMILES string of the molecule is CNc1nc(OC)cc(OC(F)(F)Cl)n1. The van der Waals surface area contributed by atoms with Crippen LogP contribution in [0.2, 0.25) is 0 Å². The van der Waals surface area contributed by atoms with Gasteiger partial charge in [0.25, 0.3) is 0 Å². The number of alkyl halides is 3. The molecule has 0 aliphatic rings. The zero-order chi connectivity index (χ0) is 11.5. The zero-order valence-corrected chi connectivity index (χ0v) is 8.68. The summed E-state index contributed by atoms with van der Waals surface area (Å²) in [5, 5.41) is 2.56.